The summed E-state index contributed by atoms with van der Waals surface area (Å²) in [5.41, 5.74) is 6.62. The molecule has 0 radical (unpaired) electrons. The molecule has 3 rings (SSSR count). The number of tetrazole rings is 1. The second-order valence-electron chi connectivity index (χ2n) is 4.93. The van der Waals surface area contributed by atoms with Crippen LogP contribution < -0.4 is 5.73 Å². The van der Waals surface area contributed by atoms with Gasteiger partial charge in [-0.25, -0.2) is 9.07 Å². The third-order valence-corrected chi connectivity index (χ3v) is 3.39. The first-order chi connectivity index (χ1) is 8.63. The van der Waals surface area contributed by atoms with Crippen LogP contribution in [0.5, 0.6) is 0 Å². The molecule has 94 valence electrons. The van der Waals surface area contributed by atoms with Gasteiger partial charge in [0.15, 0.2) is 5.82 Å². The molecule has 2 atom stereocenters. The van der Waals surface area contributed by atoms with Crippen molar-refractivity contribution in [3.63, 3.8) is 0 Å². The summed E-state index contributed by atoms with van der Waals surface area (Å²) in [5, 5.41) is 11.6. The predicted octanol–water partition coefficient (Wildman–Crippen LogP) is 1.72. The van der Waals surface area contributed by atoms with Crippen LogP contribution in [0.25, 0.3) is 11.4 Å². The number of hydrogen-bond donors (Lipinski definition) is 1. The average molecular weight is 247 g/mol. The van der Waals surface area contributed by atoms with Crippen molar-refractivity contribution in [2.75, 3.05) is 5.73 Å². The van der Waals surface area contributed by atoms with Gasteiger partial charge < -0.3 is 5.73 Å². The minimum atomic E-state index is -0.376. The Morgan fingerprint density at radius 1 is 1.44 bits per heavy atom. The van der Waals surface area contributed by atoms with E-state index >= 15 is 0 Å². The molecular weight excluding hydrogens is 233 g/mol. The summed E-state index contributed by atoms with van der Waals surface area (Å²) in [4.78, 5) is 0. The molecule has 2 N–H and O–H groups in total. The maximum atomic E-state index is 13.3. The maximum absolute atomic E-state index is 13.3. The normalized spacial score (nSPS) is 22.1. The molecule has 0 amide bonds. The lowest BCUT2D eigenvalue weighted by atomic mass is 10.2. The van der Waals surface area contributed by atoms with Gasteiger partial charge in [0.1, 0.15) is 5.82 Å². The van der Waals surface area contributed by atoms with Gasteiger partial charge in [-0.2, -0.15) is 0 Å². The number of hydrogen-bond acceptors (Lipinski definition) is 4. The number of aromatic nitrogens is 4. The molecule has 1 fully saturated rings. The molecule has 0 bridgehead atoms. The summed E-state index contributed by atoms with van der Waals surface area (Å²) in [6, 6.07) is 4.36. The van der Waals surface area contributed by atoms with Crippen LogP contribution in [0, 0.1) is 17.7 Å². The van der Waals surface area contributed by atoms with Crippen LogP contribution in [0.4, 0.5) is 10.1 Å². The smallest absolute Gasteiger partial charge is 0.182 e. The van der Waals surface area contributed by atoms with Crippen LogP contribution in [0.1, 0.15) is 13.3 Å². The van der Waals surface area contributed by atoms with Gasteiger partial charge in [0.2, 0.25) is 0 Å². The molecule has 5 nitrogen and oxygen atoms in total. The van der Waals surface area contributed by atoms with E-state index in [4.69, 9.17) is 5.73 Å². The molecule has 0 saturated heterocycles. The Morgan fingerprint density at radius 2 is 2.22 bits per heavy atom. The van der Waals surface area contributed by atoms with Gasteiger partial charge >= 0.3 is 0 Å². The van der Waals surface area contributed by atoms with E-state index in [1.165, 1.54) is 18.6 Å². The number of anilines is 1. The SMILES string of the molecule is CC1CC1Cn1nnnc1-c1cc(N)cc(F)c1. The lowest BCUT2D eigenvalue weighted by Crippen LogP contribution is -2.05. The Labute approximate surface area is 104 Å². The maximum Gasteiger partial charge on any atom is 0.182 e. The van der Waals surface area contributed by atoms with E-state index in [0.717, 1.165) is 12.5 Å². The number of nitrogens with zero attached hydrogens (tertiary/aromatic N) is 4. The first-order valence-electron chi connectivity index (χ1n) is 5.96. The van der Waals surface area contributed by atoms with E-state index in [0.29, 0.717) is 23.0 Å². The lowest BCUT2D eigenvalue weighted by molar-refractivity contribution is 0.528. The Hall–Kier alpha value is -1.98. The molecule has 0 aliphatic heterocycles. The summed E-state index contributed by atoms with van der Waals surface area (Å²) in [6.45, 7) is 2.98. The van der Waals surface area contributed by atoms with Gasteiger partial charge in [-0.15, -0.1) is 5.10 Å². The van der Waals surface area contributed by atoms with Crippen molar-refractivity contribution in [1.82, 2.24) is 20.2 Å². The van der Waals surface area contributed by atoms with Crippen molar-refractivity contribution in [2.24, 2.45) is 11.8 Å². The molecule has 1 aromatic carbocycles. The van der Waals surface area contributed by atoms with E-state index in [1.54, 1.807) is 10.7 Å². The standard InChI is InChI=1S/C12H14FN5/c1-7-2-9(7)6-18-12(15-16-17-18)8-3-10(13)5-11(14)4-8/h3-5,7,9H,2,6,14H2,1H3. The molecule has 1 heterocycles. The van der Waals surface area contributed by atoms with Crippen molar-refractivity contribution in [3.05, 3.63) is 24.0 Å². The molecular formula is C12H14FN5. The third-order valence-electron chi connectivity index (χ3n) is 3.39. The fourth-order valence-corrected chi connectivity index (χ4v) is 2.15. The second-order valence-corrected chi connectivity index (χ2v) is 4.93. The molecule has 6 heteroatoms. The first-order valence-corrected chi connectivity index (χ1v) is 5.96. The summed E-state index contributed by atoms with van der Waals surface area (Å²) >= 11 is 0. The molecule has 0 spiro atoms. The average Bonchev–Trinajstić information content (AvgIpc) is 2.81. The second kappa shape index (κ2) is 4.04. The predicted molar refractivity (Wildman–Crippen MR) is 64.9 cm³/mol. The molecule has 1 aromatic heterocycles. The van der Waals surface area contributed by atoms with E-state index in [9.17, 15) is 4.39 Å². The number of halogens is 1. The van der Waals surface area contributed by atoms with E-state index in [-0.39, 0.29) is 5.82 Å². The van der Waals surface area contributed by atoms with Crippen LogP contribution in [0.2, 0.25) is 0 Å². The minimum absolute atomic E-state index is 0.374. The monoisotopic (exact) mass is 247 g/mol. The highest BCUT2D eigenvalue weighted by Gasteiger charge is 2.33. The molecule has 1 aliphatic carbocycles. The molecule has 2 unspecified atom stereocenters. The Morgan fingerprint density at radius 3 is 2.89 bits per heavy atom. The molecule has 1 aliphatic rings. The molecule has 18 heavy (non-hydrogen) atoms. The van der Waals surface area contributed by atoms with Crippen molar-refractivity contribution >= 4 is 5.69 Å². The molecule has 2 aromatic rings. The van der Waals surface area contributed by atoms with Crippen LogP contribution in [0.15, 0.2) is 18.2 Å². The number of nitrogen functional groups attached to an aromatic ring is 1. The van der Waals surface area contributed by atoms with Crippen molar-refractivity contribution in [3.8, 4) is 11.4 Å². The number of rotatable bonds is 3. The number of nitrogens with two attached hydrogens (primary N) is 1. The zero-order valence-electron chi connectivity index (χ0n) is 10.0. The quantitative estimate of drug-likeness (QED) is 0.838. The first kappa shape index (κ1) is 11.1. The van der Waals surface area contributed by atoms with Gasteiger partial charge in [-0.05, 0) is 46.9 Å². The zero-order valence-corrected chi connectivity index (χ0v) is 10.0. The van der Waals surface area contributed by atoms with Crippen molar-refractivity contribution < 1.29 is 4.39 Å². The summed E-state index contributed by atoms with van der Waals surface area (Å²) < 4.78 is 15.1. The highest BCUT2D eigenvalue weighted by Crippen LogP contribution is 2.39. The largest absolute Gasteiger partial charge is 0.399 e. The van der Waals surface area contributed by atoms with Crippen molar-refractivity contribution in [1.29, 1.82) is 0 Å². The fraction of sp³-hybridized carbons (Fsp3) is 0.417. The Balaban J connectivity index is 1.93. The fourth-order valence-electron chi connectivity index (χ4n) is 2.15. The van der Waals surface area contributed by atoms with E-state index in [2.05, 4.69) is 22.4 Å². The van der Waals surface area contributed by atoms with Crippen LogP contribution in [0.3, 0.4) is 0 Å². The van der Waals surface area contributed by atoms with Gasteiger partial charge in [-0.1, -0.05) is 6.92 Å². The highest BCUT2D eigenvalue weighted by atomic mass is 19.1. The lowest BCUT2D eigenvalue weighted by Gasteiger charge is -2.05. The highest BCUT2D eigenvalue weighted by molar-refractivity contribution is 5.61. The Kier molecular flexibility index (Phi) is 2.50. The van der Waals surface area contributed by atoms with Gasteiger partial charge in [0.25, 0.3) is 0 Å². The minimum Gasteiger partial charge on any atom is -0.399 e. The summed E-state index contributed by atoms with van der Waals surface area (Å²) in [6.07, 6.45) is 1.20. The van der Waals surface area contributed by atoms with Crippen LogP contribution >= 0.6 is 0 Å². The van der Waals surface area contributed by atoms with Crippen LogP contribution in [-0.2, 0) is 6.54 Å². The third kappa shape index (κ3) is 2.05. The summed E-state index contributed by atoms with van der Waals surface area (Å²) in [7, 11) is 0. The van der Waals surface area contributed by atoms with Gasteiger partial charge in [0, 0.05) is 17.8 Å². The van der Waals surface area contributed by atoms with Crippen molar-refractivity contribution in [2.45, 2.75) is 19.9 Å². The van der Waals surface area contributed by atoms with Gasteiger partial charge in [0.05, 0.1) is 0 Å². The molecule has 1 saturated carbocycles. The summed E-state index contributed by atoms with van der Waals surface area (Å²) in [5.74, 6) is 1.54. The van der Waals surface area contributed by atoms with E-state index < -0.39 is 0 Å². The topological polar surface area (TPSA) is 69.6 Å². The van der Waals surface area contributed by atoms with E-state index in [1.807, 2.05) is 0 Å². The van der Waals surface area contributed by atoms with Gasteiger partial charge in [-0.3, -0.25) is 0 Å². The zero-order chi connectivity index (χ0) is 12.7. The Bertz CT molecular complexity index is 559. The van der Waals surface area contributed by atoms with Crippen LogP contribution in [-0.4, -0.2) is 20.2 Å². The number of benzene rings is 1.